The molecule has 1 aliphatic carbocycles. The van der Waals surface area contributed by atoms with Gasteiger partial charge in [0, 0.05) is 38.3 Å². The van der Waals surface area contributed by atoms with Gasteiger partial charge in [-0.2, -0.15) is 0 Å². The standard InChI is InChI=1S/C22H22N4/c23-15-16-4-6-17(7-5-16)18-8-9-20-21(14-18)26-13-12-25(19-2-1-3-19)11-10-22(26)24-20/h1-9,14H,10-13,15,23H2. The maximum atomic E-state index is 5.71. The first-order chi connectivity index (χ1) is 12.8. The molecule has 0 saturated heterocycles. The molecule has 0 radical (unpaired) electrons. The second-order valence-electron chi connectivity index (χ2n) is 6.97. The average Bonchev–Trinajstić information content (AvgIpc) is 2.86. The lowest BCUT2D eigenvalue weighted by Crippen LogP contribution is -2.26. The maximum absolute atomic E-state index is 5.71. The minimum absolute atomic E-state index is 0.581. The number of rotatable bonds is 3. The van der Waals surface area contributed by atoms with Crippen molar-refractivity contribution < 1.29 is 0 Å². The monoisotopic (exact) mass is 342 g/mol. The van der Waals surface area contributed by atoms with Crippen LogP contribution >= 0.6 is 0 Å². The van der Waals surface area contributed by atoms with E-state index in [1.165, 1.54) is 28.2 Å². The zero-order valence-corrected chi connectivity index (χ0v) is 14.7. The summed E-state index contributed by atoms with van der Waals surface area (Å²) in [7, 11) is 0. The molecule has 3 aromatic rings. The molecule has 0 fully saturated rings. The summed E-state index contributed by atoms with van der Waals surface area (Å²) < 4.78 is 2.40. The highest BCUT2D eigenvalue weighted by Gasteiger charge is 2.19. The van der Waals surface area contributed by atoms with Crippen LogP contribution in [0.3, 0.4) is 0 Å². The Labute approximate surface area is 153 Å². The van der Waals surface area contributed by atoms with Gasteiger partial charge in [0.25, 0.3) is 0 Å². The Hall–Kier alpha value is -2.85. The number of allylic oxidation sites excluding steroid dienone is 3. The first-order valence-electron chi connectivity index (χ1n) is 9.24. The van der Waals surface area contributed by atoms with Crippen molar-refractivity contribution >= 4 is 11.0 Å². The normalized spacial score (nSPS) is 16.2. The van der Waals surface area contributed by atoms with Crippen LogP contribution in [0.25, 0.3) is 22.2 Å². The fourth-order valence-corrected chi connectivity index (χ4v) is 3.84. The summed E-state index contributed by atoms with van der Waals surface area (Å²) in [6.07, 6.45) is 7.47. The third kappa shape index (κ3) is 2.54. The van der Waals surface area contributed by atoms with Crippen LogP contribution in [0.2, 0.25) is 0 Å². The maximum Gasteiger partial charge on any atom is 0.111 e. The van der Waals surface area contributed by atoms with Gasteiger partial charge >= 0.3 is 0 Å². The minimum atomic E-state index is 0.581. The SMILES string of the molecule is NCc1ccc(-c2ccc3nc4n(c3c2)CCN(C2=CC=C2)CC4)cc1. The molecule has 2 N–H and O–H groups in total. The highest BCUT2D eigenvalue weighted by molar-refractivity contribution is 5.82. The number of benzene rings is 2. The van der Waals surface area contributed by atoms with Gasteiger partial charge in [0.05, 0.1) is 11.0 Å². The lowest BCUT2D eigenvalue weighted by Gasteiger charge is -2.25. The van der Waals surface area contributed by atoms with Crippen LogP contribution in [0.1, 0.15) is 11.4 Å². The molecule has 1 aromatic heterocycles. The van der Waals surface area contributed by atoms with Crippen LogP contribution in [0, 0.1) is 0 Å². The smallest absolute Gasteiger partial charge is 0.111 e. The van der Waals surface area contributed by atoms with Crippen LogP contribution < -0.4 is 5.73 Å². The van der Waals surface area contributed by atoms with Crippen molar-refractivity contribution in [2.75, 3.05) is 13.1 Å². The van der Waals surface area contributed by atoms with Crippen LogP contribution in [-0.2, 0) is 19.5 Å². The molecule has 2 aliphatic rings. The van der Waals surface area contributed by atoms with Gasteiger partial charge in [0.15, 0.2) is 0 Å². The summed E-state index contributed by atoms with van der Waals surface area (Å²) in [5.41, 5.74) is 13.0. The predicted octanol–water partition coefficient (Wildman–Crippen LogP) is 3.47. The Morgan fingerprint density at radius 3 is 2.50 bits per heavy atom. The van der Waals surface area contributed by atoms with Crippen LogP contribution in [0.5, 0.6) is 0 Å². The zero-order valence-electron chi connectivity index (χ0n) is 14.7. The summed E-state index contributed by atoms with van der Waals surface area (Å²) in [6.45, 7) is 3.63. The average molecular weight is 342 g/mol. The zero-order chi connectivity index (χ0) is 17.5. The quantitative estimate of drug-likeness (QED) is 0.793. The summed E-state index contributed by atoms with van der Waals surface area (Å²) in [5, 5.41) is 0. The van der Waals surface area contributed by atoms with Crippen molar-refractivity contribution in [2.45, 2.75) is 19.5 Å². The van der Waals surface area contributed by atoms with Crippen molar-refractivity contribution in [3.8, 4) is 11.1 Å². The van der Waals surface area contributed by atoms with E-state index in [2.05, 4.69) is 70.2 Å². The molecular formula is C22H22N4. The van der Waals surface area contributed by atoms with E-state index in [9.17, 15) is 0 Å². The van der Waals surface area contributed by atoms with Crippen molar-refractivity contribution in [3.05, 3.63) is 77.8 Å². The number of aromatic nitrogens is 2. The van der Waals surface area contributed by atoms with Crippen molar-refractivity contribution in [1.29, 1.82) is 0 Å². The van der Waals surface area contributed by atoms with Gasteiger partial charge < -0.3 is 15.2 Å². The van der Waals surface area contributed by atoms with Crippen molar-refractivity contribution in [3.63, 3.8) is 0 Å². The van der Waals surface area contributed by atoms with E-state index in [-0.39, 0.29) is 0 Å². The summed E-state index contributed by atoms with van der Waals surface area (Å²) in [5.74, 6) is 1.20. The number of hydrogen-bond donors (Lipinski definition) is 1. The number of nitrogens with zero attached hydrogens (tertiary/aromatic N) is 3. The molecule has 4 nitrogen and oxygen atoms in total. The highest BCUT2D eigenvalue weighted by Crippen LogP contribution is 2.27. The van der Waals surface area contributed by atoms with Gasteiger partial charge in [0.1, 0.15) is 5.82 Å². The number of nitrogens with two attached hydrogens (primary N) is 1. The second kappa shape index (κ2) is 6.15. The van der Waals surface area contributed by atoms with Crippen molar-refractivity contribution in [2.24, 2.45) is 5.73 Å². The number of hydrogen-bond acceptors (Lipinski definition) is 3. The largest absolute Gasteiger partial charge is 0.369 e. The number of fused-ring (bicyclic) bond motifs is 3. The Morgan fingerprint density at radius 1 is 0.962 bits per heavy atom. The molecule has 0 atom stereocenters. The van der Waals surface area contributed by atoms with Crippen LogP contribution in [0.15, 0.2) is 66.4 Å². The molecular weight excluding hydrogens is 320 g/mol. The lowest BCUT2D eigenvalue weighted by atomic mass is 10.0. The van der Waals surface area contributed by atoms with E-state index in [0.29, 0.717) is 6.54 Å². The molecule has 2 aromatic carbocycles. The number of imidazole rings is 1. The topological polar surface area (TPSA) is 47.1 Å². The summed E-state index contributed by atoms with van der Waals surface area (Å²) in [6, 6.07) is 15.1. The molecule has 0 unspecified atom stereocenters. The van der Waals surface area contributed by atoms with Crippen molar-refractivity contribution in [1.82, 2.24) is 14.5 Å². The van der Waals surface area contributed by atoms with E-state index >= 15 is 0 Å². The van der Waals surface area contributed by atoms with Gasteiger partial charge in [-0.25, -0.2) is 4.98 Å². The van der Waals surface area contributed by atoms with Gasteiger partial charge in [-0.05, 0) is 41.0 Å². The van der Waals surface area contributed by atoms with Crippen LogP contribution in [0.4, 0.5) is 0 Å². The van der Waals surface area contributed by atoms with Gasteiger partial charge in [-0.3, -0.25) is 0 Å². The molecule has 0 amide bonds. The summed E-state index contributed by atoms with van der Waals surface area (Å²) >= 11 is 0. The van der Waals surface area contributed by atoms with Crippen LogP contribution in [-0.4, -0.2) is 27.5 Å². The second-order valence-corrected chi connectivity index (χ2v) is 6.97. The molecule has 4 heteroatoms. The molecule has 130 valence electrons. The summed E-state index contributed by atoms with van der Waals surface area (Å²) in [4.78, 5) is 7.35. The molecule has 5 rings (SSSR count). The molecule has 1 aliphatic heterocycles. The van der Waals surface area contributed by atoms with E-state index in [1.54, 1.807) is 0 Å². The fraction of sp³-hybridized carbons (Fsp3) is 0.227. The van der Waals surface area contributed by atoms with E-state index in [0.717, 1.165) is 37.1 Å². The Morgan fingerprint density at radius 2 is 1.77 bits per heavy atom. The molecule has 26 heavy (non-hydrogen) atoms. The predicted molar refractivity (Wildman–Crippen MR) is 106 cm³/mol. The third-order valence-electron chi connectivity index (χ3n) is 5.45. The Kier molecular flexibility index (Phi) is 3.64. The minimum Gasteiger partial charge on any atom is -0.369 e. The molecule has 0 spiro atoms. The van der Waals surface area contributed by atoms with Gasteiger partial charge in [-0.15, -0.1) is 0 Å². The first-order valence-corrected chi connectivity index (χ1v) is 9.24. The third-order valence-corrected chi connectivity index (χ3v) is 5.45. The molecule has 0 saturated carbocycles. The fourth-order valence-electron chi connectivity index (χ4n) is 3.84. The van der Waals surface area contributed by atoms with E-state index < -0.39 is 0 Å². The molecule has 2 heterocycles. The molecule has 0 bridgehead atoms. The Balaban J connectivity index is 1.49. The first kappa shape index (κ1) is 15.4. The lowest BCUT2D eigenvalue weighted by molar-refractivity contribution is 0.359. The highest BCUT2D eigenvalue weighted by atomic mass is 15.2. The van der Waals surface area contributed by atoms with E-state index in [4.69, 9.17) is 10.7 Å². The van der Waals surface area contributed by atoms with E-state index in [1.807, 2.05) is 0 Å². The van der Waals surface area contributed by atoms with Gasteiger partial charge in [-0.1, -0.05) is 36.4 Å². The Bertz CT molecular complexity index is 1020. The van der Waals surface area contributed by atoms with Gasteiger partial charge in [0.2, 0.25) is 0 Å².